The second kappa shape index (κ2) is 4.74. The van der Waals surface area contributed by atoms with E-state index >= 15 is 0 Å². The van der Waals surface area contributed by atoms with E-state index in [0.717, 1.165) is 50.2 Å². The van der Waals surface area contributed by atoms with Crippen LogP contribution in [0.3, 0.4) is 0 Å². The molecule has 17 heavy (non-hydrogen) atoms. The lowest BCUT2D eigenvalue weighted by Crippen LogP contribution is -2.44. The lowest BCUT2D eigenvalue weighted by Gasteiger charge is -2.30. The Balaban J connectivity index is 1.62. The average Bonchev–Trinajstić information content (AvgIpc) is 3.06. The molecule has 1 unspecified atom stereocenters. The van der Waals surface area contributed by atoms with E-state index in [1.165, 1.54) is 12.8 Å². The largest absolute Gasteiger partial charge is 0.338 e. The first-order valence-corrected chi connectivity index (χ1v) is 6.60. The fourth-order valence-corrected chi connectivity index (χ4v) is 2.33. The molecule has 1 aliphatic carbocycles. The Kier molecular flexibility index (Phi) is 3.11. The summed E-state index contributed by atoms with van der Waals surface area (Å²) in [6.07, 6.45) is 3.66. The highest BCUT2D eigenvalue weighted by Crippen LogP contribution is 2.32. The van der Waals surface area contributed by atoms with Crippen LogP contribution in [0.4, 0.5) is 0 Å². The number of nitrogens with one attached hydrogen (secondary N) is 1. The molecule has 2 heterocycles. The molecule has 1 aromatic rings. The number of aromatic nitrogens is 2. The minimum absolute atomic E-state index is 0.248. The molecular weight excluding hydrogens is 216 g/mol. The molecule has 3 rings (SSSR count). The summed E-state index contributed by atoms with van der Waals surface area (Å²) in [6.45, 7) is 6.36. The molecule has 94 valence electrons. The van der Waals surface area contributed by atoms with Crippen molar-refractivity contribution in [2.75, 3.05) is 26.2 Å². The van der Waals surface area contributed by atoms with Gasteiger partial charge in [0.1, 0.15) is 0 Å². The Morgan fingerprint density at radius 3 is 2.88 bits per heavy atom. The molecule has 5 nitrogen and oxygen atoms in total. The van der Waals surface area contributed by atoms with Crippen LogP contribution < -0.4 is 5.32 Å². The Morgan fingerprint density at radius 1 is 1.41 bits per heavy atom. The summed E-state index contributed by atoms with van der Waals surface area (Å²) in [5, 5.41) is 7.44. The summed E-state index contributed by atoms with van der Waals surface area (Å²) in [4.78, 5) is 6.92. The van der Waals surface area contributed by atoms with Gasteiger partial charge in [-0.2, -0.15) is 4.98 Å². The summed E-state index contributed by atoms with van der Waals surface area (Å²) in [5.41, 5.74) is 0. The van der Waals surface area contributed by atoms with Crippen LogP contribution in [0.15, 0.2) is 4.52 Å². The monoisotopic (exact) mass is 236 g/mol. The van der Waals surface area contributed by atoms with E-state index in [0.29, 0.717) is 0 Å². The molecule has 1 saturated carbocycles. The quantitative estimate of drug-likeness (QED) is 0.845. The second-order valence-electron chi connectivity index (χ2n) is 5.16. The van der Waals surface area contributed by atoms with E-state index in [9.17, 15) is 0 Å². The third-order valence-electron chi connectivity index (χ3n) is 3.71. The van der Waals surface area contributed by atoms with Crippen LogP contribution in [-0.2, 0) is 6.42 Å². The molecular formula is C12H20N4O. The first kappa shape index (κ1) is 11.2. The first-order chi connectivity index (χ1) is 8.33. The van der Waals surface area contributed by atoms with Gasteiger partial charge < -0.3 is 9.84 Å². The highest BCUT2D eigenvalue weighted by molar-refractivity contribution is 4.96. The van der Waals surface area contributed by atoms with E-state index in [1.54, 1.807) is 0 Å². The van der Waals surface area contributed by atoms with Crippen molar-refractivity contribution in [3.63, 3.8) is 0 Å². The summed E-state index contributed by atoms with van der Waals surface area (Å²) in [5.74, 6) is 2.49. The summed E-state index contributed by atoms with van der Waals surface area (Å²) in [6, 6.07) is 0.248. The normalized spacial score (nSPS) is 23.8. The SMILES string of the molecule is CC(c1nc(CC2CC2)no1)N1CCNCC1. The van der Waals surface area contributed by atoms with Crippen molar-refractivity contribution in [3.8, 4) is 0 Å². The molecule has 2 aliphatic rings. The van der Waals surface area contributed by atoms with Crippen molar-refractivity contribution >= 4 is 0 Å². The van der Waals surface area contributed by atoms with Gasteiger partial charge in [0.05, 0.1) is 6.04 Å². The second-order valence-corrected chi connectivity index (χ2v) is 5.16. The Morgan fingerprint density at radius 2 is 2.18 bits per heavy atom. The van der Waals surface area contributed by atoms with E-state index < -0.39 is 0 Å². The molecule has 0 amide bonds. The van der Waals surface area contributed by atoms with Crippen LogP contribution in [-0.4, -0.2) is 41.2 Å². The maximum atomic E-state index is 5.39. The fraction of sp³-hybridized carbons (Fsp3) is 0.833. The third-order valence-corrected chi connectivity index (χ3v) is 3.71. The predicted molar refractivity (Wildman–Crippen MR) is 63.6 cm³/mol. The predicted octanol–water partition coefficient (Wildman–Crippen LogP) is 0.988. The maximum Gasteiger partial charge on any atom is 0.243 e. The van der Waals surface area contributed by atoms with Crippen LogP contribution >= 0.6 is 0 Å². The standard InChI is InChI=1S/C12H20N4O/c1-9(16-6-4-13-5-7-16)12-14-11(15-17-12)8-10-2-3-10/h9-10,13H,2-8H2,1H3. The number of rotatable bonds is 4. The van der Waals surface area contributed by atoms with Crippen LogP contribution in [0.5, 0.6) is 0 Å². The van der Waals surface area contributed by atoms with Crippen molar-refractivity contribution in [1.82, 2.24) is 20.4 Å². The van der Waals surface area contributed by atoms with E-state index in [-0.39, 0.29) is 6.04 Å². The topological polar surface area (TPSA) is 54.2 Å². The molecule has 0 radical (unpaired) electrons. The van der Waals surface area contributed by atoms with Crippen LogP contribution in [0, 0.1) is 5.92 Å². The van der Waals surface area contributed by atoms with E-state index in [1.807, 2.05) is 0 Å². The fourth-order valence-electron chi connectivity index (χ4n) is 2.33. The van der Waals surface area contributed by atoms with Gasteiger partial charge in [0.2, 0.25) is 5.89 Å². The lowest BCUT2D eigenvalue weighted by molar-refractivity contribution is 0.154. The van der Waals surface area contributed by atoms with Gasteiger partial charge in [-0.25, -0.2) is 0 Å². The van der Waals surface area contributed by atoms with Gasteiger partial charge in [-0.3, -0.25) is 4.90 Å². The third kappa shape index (κ3) is 2.66. The summed E-state index contributed by atoms with van der Waals surface area (Å²) < 4.78 is 5.39. The molecule has 0 bridgehead atoms. The molecule has 0 spiro atoms. The number of nitrogens with zero attached hydrogens (tertiary/aromatic N) is 3. The highest BCUT2D eigenvalue weighted by atomic mass is 16.5. The molecule has 1 aliphatic heterocycles. The van der Waals surface area contributed by atoms with Crippen molar-refractivity contribution < 1.29 is 4.52 Å². The van der Waals surface area contributed by atoms with E-state index in [4.69, 9.17) is 4.52 Å². The Hall–Kier alpha value is -0.940. The van der Waals surface area contributed by atoms with Crippen LogP contribution in [0.2, 0.25) is 0 Å². The number of piperazine rings is 1. The molecule has 1 saturated heterocycles. The smallest absolute Gasteiger partial charge is 0.243 e. The molecule has 1 aromatic heterocycles. The van der Waals surface area contributed by atoms with Gasteiger partial charge in [0, 0.05) is 32.6 Å². The van der Waals surface area contributed by atoms with Gasteiger partial charge >= 0.3 is 0 Å². The van der Waals surface area contributed by atoms with Crippen LogP contribution in [0.1, 0.15) is 37.5 Å². The Labute approximate surface area is 102 Å². The minimum Gasteiger partial charge on any atom is -0.338 e. The van der Waals surface area contributed by atoms with Crippen molar-refractivity contribution in [1.29, 1.82) is 0 Å². The number of hydrogen-bond acceptors (Lipinski definition) is 5. The molecule has 1 N–H and O–H groups in total. The summed E-state index contributed by atoms with van der Waals surface area (Å²) in [7, 11) is 0. The number of hydrogen-bond donors (Lipinski definition) is 1. The van der Waals surface area contributed by atoms with Gasteiger partial charge in [-0.1, -0.05) is 5.16 Å². The van der Waals surface area contributed by atoms with Crippen LogP contribution in [0.25, 0.3) is 0 Å². The lowest BCUT2D eigenvalue weighted by atomic mass is 10.2. The maximum absolute atomic E-state index is 5.39. The van der Waals surface area contributed by atoms with E-state index in [2.05, 4.69) is 27.3 Å². The molecule has 1 atom stereocenters. The molecule has 0 aromatic carbocycles. The highest BCUT2D eigenvalue weighted by Gasteiger charge is 2.26. The zero-order valence-corrected chi connectivity index (χ0v) is 10.4. The summed E-state index contributed by atoms with van der Waals surface area (Å²) >= 11 is 0. The van der Waals surface area contributed by atoms with Crippen molar-refractivity contribution in [3.05, 3.63) is 11.7 Å². The Bertz CT molecular complexity index is 368. The zero-order valence-electron chi connectivity index (χ0n) is 10.4. The van der Waals surface area contributed by atoms with Crippen molar-refractivity contribution in [2.24, 2.45) is 5.92 Å². The van der Waals surface area contributed by atoms with Gasteiger partial charge in [0.15, 0.2) is 5.82 Å². The minimum atomic E-state index is 0.248. The molecule has 2 fully saturated rings. The van der Waals surface area contributed by atoms with Gasteiger partial charge in [-0.15, -0.1) is 0 Å². The van der Waals surface area contributed by atoms with Crippen molar-refractivity contribution in [2.45, 2.75) is 32.2 Å². The van der Waals surface area contributed by atoms with Gasteiger partial charge in [0.25, 0.3) is 0 Å². The van der Waals surface area contributed by atoms with Gasteiger partial charge in [-0.05, 0) is 25.7 Å². The zero-order chi connectivity index (χ0) is 11.7. The average molecular weight is 236 g/mol. The first-order valence-electron chi connectivity index (χ1n) is 6.60. The molecule has 5 heteroatoms.